The molecule has 2 aliphatic rings. The highest BCUT2D eigenvalue weighted by Crippen LogP contribution is 2.26. The Hall–Kier alpha value is -0.860. The lowest BCUT2D eigenvalue weighted by Gasteiger charge is -2.22. The van der Waals surface area contributed by atoms with Crippen molar-refractivity contribution < 1.29 is 0 Å². The first kappa shape index (κ1) is 23.4. The van der Waals surface area contributed by atoms with E-state index in [4.69, 9.17) is 4.99 Å². The SMILES string of the molecule is CCNC(=NCCCN1CCCN(C)CC1)N1CCC(c2ccccc2)C1.I. The van der Waals surface area contributed by atoms with Crippen molar-refractivity contribution >= 4 is 29.9 Å². The molecule has 1 unspecified atom stereocenters. The molecule has 1 aromatic rings. The number of guanidine groups is 1. The molecule has 0 bridgehead atoms. The van der Waals surface area contributed by atoms with Crippen LogP contribution in [0.4, 0.5) is 0 Å². The van der Waals surface area contributed by atoms with Gasteiger partial charge < -0.3 is 20.0 Å². The van der Waals surface area contributed by atoms with Crippen molar-refractivity contribution in [3.8, 4) is 0 Å². The van der Waals surface area contributed by atoms with Crippen LogP contribution in [0, 0.1) is 0 Å². The molecule has 6 heteroatoms. The maximum absolute atomic E-state index is 4.94. The van der Waals surface area contributed by atoms with Gasteiger partial charge in [-0.1, -0.05) is 30.3 Å². The monoisotopic (exact) mass is 499 g/mol. The van der Waals surface area contributed by atoms with Crippen molar-refractivity contribution in [1.29, 1.82) is 0 Å². The summed E-state index contributed by atoms with van der Waals surface area (Å²) in [4.78, 5) is 12.4. The predicted molar refractivity (Wildman–Crippen MR) is 130 cm³/mol. The van der Waals surface area contributed by atoms with Crippen molar-refractivity contribution in [1.82, 2.24) is 20.0 Å². The fourth-order valence-corrected chi connectivity index (χ4v) is 4.18. The van der Waals surface area contributed by atoms with Gasteiger partial charge in [0.2, 0.25) is 0 Å². The van der Waals surface area contributed by atoms with Gasteiger partial charge in [0.05, 0.1) is 0 Å². The maximum Gasteiger partial charge on any atom is 0.193 e. The number of rotatable bonds is 6. The Morgan fingerprint density at radius 2 is 1.93 bits per heavy atom. The van der Waals surface area contributed by atoms with Crippen LogP contribution in [0.25, 0.3) is 0 Å². The molecule has 28 heavy (non-hydrogen) atoms. The van der Waals surface area contributed by atoms with Crippen molar-refractivity contribution in [3.05, 3.63) is 35.9 Å². The molecule has 1 N–H and O–H groups in total. The first-order chi connectivity index (χ1) is 13.3. The van der Waals surface area contributed by atoms with Gasteiger partial charge in [-0.15, -0.1) is 24.0 Å². The highest BCUT2D eigenvalue weighted by molar-refractivity contribution is 14.0. The smallest absolute Gasteiger partial charge is 0.193 e. The van der Waals surface area contributed by atoms with Gasteiger partial charge in [-0.05, 0) is 58.4 Å². The minimum absolute atomic E-state index is 0. The van der Waals surface area contributed by atoms with E-state index in [0.717, 1.165) is 38.6 Å². The van der Waals surface area contributed by atoms with Crippen molar-refractivity contribution in [2.45, 2.75) is 32.1 Å². The summed E-state index contributed by atoms with van der Waals surface area (Å²) in [6, 6.07) is 10.9. The van der Waals surface area contributed by atoms with E-state index in [-0.39, 0.29) is 24.0 Å². The number of nitrogens with one attached hydrogen (secondary N) is 1. The fourth-order valence-electron chi connectivity index (χ4n) is 4.18. The van der Waals surface area contributed by atoms with Gasteiger partial charge in [-0.25, -0.2) is 0 Å². The molecule has 0 aliphatic carbocycles. The zero-order valence-corrected chi connectivity index (χ0v) is 20.0. The summed E-state index contributed by atoms with van der Waals surface area (Å²) in [5, 5.41) is 3.51. The molecule has 0 saturated carbocycles. The van der Waals surface area contributed by atoms with Crippen LogP contribution in [0.3, 0.4) is 0 Å². The van der Waals surface area contributed by atoms with Gasteiger partial charge in [-0.2, -0.15) is 0 Å². The number of hydrogen-bond donors (Lipinski definition) is 1. The van der Waals surface area contributed by atoms with E-state index < -0.39 is 0 Å². The second kappa shape index (κ2) is 12.6. The molecule has 158 valence electrons. The maximum atomic E-state index is 4.94. The highest BCUT2D eigenvalue weighted by Gasteiger charge is 2.25. The van der Waals surface area contributed by atoms with Crippen LogP contribution in [0.2, 0.25) is 0 Å². The molecular weight excluding hydrogens is 461 g/mol. The molecule has 0 spiro atoms. The normalized spacial score (nSPS) is 22.0. The van der Waals surface area contributed by atoms with Crippen molar-refractivity contribution in [2.75, 3.05) is 66.0 Å². The van der Waals surface area contributed by atoms with Crippen LogP contribution >= 0.6 is 24.0 Å². The summed E-state index contributed by atoms with van der Waals surface area (Å²) in [5.41, 5.74) is 1.46. The van der Waals surface area contributed by atoms with E-state index in [9.17, 15) is 0 Å². The Labute approximate surface area is 188 Å². The molecule has 3 rings (SSSR count). The quantitative estimate of drug-likeness (QED) is 0.283. The Balaban J connectivity index is 0.00000280. The Morgan fingerprint density at radius 3 is 2.71 bits per heavy atom. The summed E-state index contributed by atoms with van der Waals surface area (Å²) < 4.78 is 0. The number of nitrogens with zero attached hydrogens (tertiary/aromatic N) is 4. The molecule has 0 radical (unpaired) electrons. The summed E-state index contributed by atoms with van der Waals surface area (Å²) in [6.45, 7) is 12.2. The van der Waals surface area contributed by atoms with E-state index in [0.29, 0.717) is 5.92 Å². The minimum atomic E-state index is 0. The van der Waals surface area contributed by atoms with E-state index in [2.05, 4.69) is 64.3 Å². The molecule has 0 amide bonds. The number of aliphatic imine (C=N–C) groups is 1. The Morgan fingerprint density at radius 1 is 1.11 bits per heavy atom. The summed E-state index contributed by atoms with van der Waals surface area (Å²) >= 11 is 0. The minimum Gasteiger partial charge on any atom is -0.357 e. The van der Waals surface area contributed by atoms with Crippen LogP contribution in [-0.4, -0.2) is 86.6 Å². The van der Waals surface area contributed by atoms with E-state index >= 15 is 0 Å². The van der Waals surface area contributed by atoms with Crippen LogP contribution in [0.1, 0.15) is 37.7 Å². The number of likely N-dealkylation sites (N-methyl/N-ethyl adjacent to an activating group) is 1. The predicted octanol–water partition coefficient (Wildman–Crippen LogP) is 3.09. The van der Waals surface area contributed by atoms with Crippen molar-refractivity contribution in [3.63, 3.8) is 0 Å². The molecular formula is C22H38IN5. The third kappa shape index (κ3) is 7.19. The van der Waals surface area contributed by atoms with Crippen LogP contribution in [0.5, 0.6) is 0 Å². The molecule has 2 fully saturated rings. The zero-order chi connectivity index (χ0) is 18.9. The lowest BCUT2D eigenvalue weighted by atomic mass is 9.99. The van der Waals surface area contributed by atoms with Gasteiger partial charge in [0.25, 0.3) is 0 Å². The lowest BCUT2D eigenvalue weighted by Crippen LogP contribution is -2.40. The third-order valence-corrected chi connectivity index (χ3v) is 5.80. The molecule has 0 aromatic heterocycles. The van der Waals surface area contributed by atoms with Gasteiger partial charge in [-0.3, -0.25) is 4.99 Å². The van der Waals surface area contributed by atoms with Gasteiger partial charge >= 0.3 is 0 Å². The molecule has 1 aromatic carbocycles. The van der Waals surface area contributed by atoms with Gasteiger partial charge in [0.1, 0.15) is 0 Å². The molecule has 2 saturated heterocycles. The van der Waals surface area contributed by atoms with E-state index in [1.54, 1.807) is 0 Å². The number of likely N-dealkylation sites (tertiary alicyclic amines) is 1. The second-order valence-electron chi connectivity index (χ2n) is 7.93. The molecule has 1 atom stereocenters. The molecule has 2 heterocycles. The van der Waals surface area contributed by atoms with Gasteiger partial charge in [0, 0.05) is 45.2 Å². The topological polar surface area (TPSA) is 34.1 Å². The Kier molecular flexibility index (Phi) is 10.6. The van der Waals surface area contributed by atoms with Gasteiger partial charge in [0.15, 0.2) is 5.96 Å². The number of hydrogen-bond acceptors (Lipinski definition) is 3. The Bertz CT molecular complexity index is 580. The number of halogens is 1. The zero-order valence-electron chi connectivity index (χ0n) is 17.6. The first-order valence-electron chi connectivity index (χ1n) is 10.8. The summed E-state index contributed by atoms with van der Waals surface area (Å²) in [6.07, 6.45) is 3.65. The average molecular weight is 499 g/mol. The average Bonchev–Trinajstić information content (AvgIpc) is 3.09. The number of benzene rings is 1. The molecule has 2 aliphatic heterocycles. The fraction of sp³-hybridized carbons (Fsp3) is 0.682. The third-order valence-electron chi connectivity index (χ3n) is 5.80. The summed E-state index contributed by atoms with van der Waals surface area (Å²) in [5.74, 6) is 1.73. The summed E-state index contributed by atoms with van der Waals surface area (Å²) in [7, 11) is 2.23. The van der Waals surface area contributed by atoms with Crippen molar-refractivity contribution in [2.24, 2.45) is 4.99 Å². The van der Waals surface area contributed by atoms with Crippen LogP contribution in [-0.2, 0) is 0 Å². The van der Waals surface area contributed by atoms with Crippen LogP contribution < -0.4 is 5.32 Å². The second-order valence-corrected chi connectivity index (χ2v) is 7.93. The standard InChI is InChI=1S/C22H37N5.HI/c1-3-23-22(24-12-7-14-26-15-8-13-25(2)17-18-26)27-16-11-21(19-27)20-9-5-4-6-10-20;/h4-6,9-10,21H,3,7-8,11-19H2,1-2H3,(H,23,24);1H. The van der Waals surface area contributed by atoms with E-state index in [1.807, 2.05) is 0 Å². The lowest BCUT2D eigenvalue weighted by molar-refractivity contribution is 0.275. The van der Waals surface area contributed by atoms with E-state index in [1.165, 1.54) is 51.1 Å². The largest absolute Gasteiger partial charge is 0.357 e. The first-order valence-corrected chi connectivity index (χ1v) is 10.8. The molecule has 5 nitrogen and oxygen atoms in total. The highest BCUT2D eigenvalue weighted by atomic mass is 127. The van der Waals surface area contributed by atoms with Crippen LogP contribution in [0.15, 0.2) is 35.3 Å².